The molecule has 1 aliphatic heterocycles. The lowest BCUT2D eigenvalue weighted by molar-refractivity contribution is -0.123. The Balaban J connectivity index is 1.32. The summed E-state index contributed by atoms with van der Waals surface area (Å²) in [5.74, 6) is 1.12. The summed E-state index contributed by atoms with van der Waals surface area (Å²) in [5, 5.41) is 11.1. The molecule has 0 radical (unpaired) electrons. The second-order valence-electron chi connectivity index (χ2n) is 6.71. The zero-order chi connectivity index (χ0) is 19.5. The number of pyridine rings is 1. The van der Waals surface area contributed by atoms with Crippen LogP contribution in [0.15, 0.2) is 48.7 Å². The second kappa shape index (κ2) is 7.67. The van der Waals surface area contributed by atoms with Gasteiger partial charge in [0.1, 0.15) is 5.75 Å². The van der Waals surface area contributed by atoms with Crippen molar-refractivity contribution in [1.82, 2.24) is 19.9 Å². The fraction of sp³-hybridized carbons (Fsp3) is 0.300. The molecule has 2 aromatic heterocycles. The predicted molar refractivity (Wildman–Crippen MR) is 103 cm³/mol. The molecule has 1 fully saturated rings. The first-order valence-corrected chi connectivity index (χ1v) is 9.24. The molecule has 1 saturated heterocycles. The smallest absolute Gasteiger partial charge is 0.258 e. The summed E-state index contributed by atoms with van der Waals surface area (Å²) < 4.78 is 7.40. The van der Waals surface area contributed by atoms with Gasteiger partial charge in [-0.25, -0.2) is 0 Å². The van der Waals surface area contributed by atoms with E-state index in [0.717, 1.165) is 24.3 Å². The van der Waals surface area contributed by atoms with E-state index in [1.165, 1.54) is 0 Å². The molecule has 8 nitrogen and oxygen atoms in total. The van der Waals surface area contributed by atoms with Crippen molar-refractivity contribution in [3.63, 3.8) is 0 Å². The molecule has 0 spiro atoms. The monoisotopic (exact) mass is 379 g/mol. The zero-order valence-electron chi connectivity index (χ0n) is 15.5. The summed E-state index contributed by atoms with van der Waals surface area (Å²) in [4.78, 5) is 25.8. The number of carbonyl (C=O) groups is 2. The maximum absolute atomic E-state index is 12.2. The first kappa shape index (κ1) is 18.0. The van der Waals surface area contributed by atoms with Gasteiger partial charge in [0.2, 0.25) is 5.91 Å². The quantitative estimate of drug-likeness (QED) is 0.709. The topological polar surface area (TPSA) is 88.8 Å². The number of aromatic nitrogens is 3. The van der Waals surface area contributed by atoms with Crippen LogP contribution in [0.4, 0.5) is 5.69 Å². The fourth-order valence-corrected chi connectivity index (χ4v) is 3.30. The average Bonchev–Trinajstić information content (AvgIpc) is 3.33. The Kier molecular flexibility index (Phi) is 4.92. The van der Waals surface area contributed by atoms with Gasteiger partial charge in [0.15, 0.2) is 18.1 Å². The van der Waals surface area contributed by atoms with Gasteiger partial charge in [0.25, 0.3) is 5.91 Å². The molecule has 0 bridgehead atoms. The van der Waals surface area contributed by atoms with E-state index in [4.69, 9.17) is 4.74 Å². The molecule has 0 aliphatic carbocycles. The number of hydrogen-bond donors (Lipinski definition) is 1. The first-order chi connectivity index (χ1) is 13.6. The average molecular weight is 379 g/mol. The minimum absolute atomic E-state index is 0.108. The number of benzene rings is 1. The molecule has 3 heterocycles. The normalized spacial score (nSPS) is 15.0. The number of ether oxygens (including phenoxy) is 1. The standard InChI is InChI=1S/C20H21N5O3/c1-14(20-23-22-17-5-2-3-11-25(17)20)21-18(26)13-28-16-9-7-15(8-10-16)24-12-4-6-19(24)27/h2-3,5,7-11,14H,4,6,12-13H2,1H3,(H,21,26). The molecule has 144 valence electrons. The minimum atomic E-state index is -0.308. The van der Waals surface area contributed by atoms with Gasteiger partial charge >= 0.3 is 0 Å². The van der Waals surface area contributed by atoms with Crippen LogP contribution >= 0.6 is 0 Å². The van der Waals surface area contributed by atoms with Crippen molar-refractivity contribution in [1.29, 1.82) is 0 Å². The van der Waals surface area contributed by atoms with Gasteiger partial charge in [0, 0.05) is 24.8 Å². The van der Waals surface area contributed by atoms with Gasteiger partial charge in [0.05, 0.1) is 6.04 Å². The van der Waals surface area contributed by atoms with E-state index < -0.39 is 0 Å². The third-order valence-corrected chi connectivity index (χ3v) is 4.70. The van der Waals surface area contributed by atoms with Gasteiger partial charge in [-0.1, -0.05) is 6.07 Å². The van der Waals surface area contributed by atoms with Crippen LogP contribution in [-0.2, 0) is 9.59 Å². The number of carbonyl (C=O) groups excluding carboxylic acids is 2. The van der Waals surface area contributed by atoms with E-state index in [1.807, 2.05) is 47.9 Å². The Morgan fingerprint density at radius 2 is 2.04 bits per heavy atom. The molecule has 2 amide bonds. The van der Waals surface area contributed by atoms with Crippen molar-refractivity contribution in [3.05, 3.63) is 54.5 Å². The number of fused-ring (bicyclic) bond motifs is 1. The summed E-state index contributed by atoms with van der Waals surface area (Å²) in [6.07, 6.45) is 3.34. The number of amides is 2. The van der Waals surface area contributed by atoms with Gasteiger partial charge < -0.3 is 15.0 Å². The lowest BCUT2D eigenvalue weighted by Crippen LogP contribution is -2.32. The molecule has 0 saturated carbocycles. The second-order valence-corrected chi connectivity index (χ2v) is 6.71. The van der Waals surface area contributed by atoms with Crippen molar-refractivity contribution in [2.45, 2.75) is 25.8 Å². The van der Waals surface area contributed by atoms with Gasteiger partial charge in [-0.3, -0.25) is 14.0 Å². The molecular weight excluding hydrogens is 358 g/mol. The molecule has 8 heteroatoms. The summed E-state index contributed by atoms with van der Waals surface area (Å²) in [6, 6.07) is 12.5. The number of hydrogen-bond acceptors (Lipinski definition) is 5. The van der Waals surface area contributed by atoms with Crippen molar-refractivity contribution < 1.29 is 14.3 Å². The van der Waals surface area contributed by atoms with Crippen LogP contribution in [0.1, 0.15) is 31.6 Å². The fourth-order valence-electron chi connectivity index (χ4n) is 3.30. The van der Waals surface area contributed by atoms with Crippen LogP contribution in [0.25, 0.3) is 5.65 Å². The Hall–Kier alpha value is -3.42. The Morgan fingerprint density at radius 1 is 1.21 bits per heavy atom. The van der Waals surface area contributed by atoms with Crippen LogP contribution in [-0.4, -0.2) is 39.6 Å². The molecule has 1 unspecified atom stereocenters. The van der Waals surface area contributed by atoms with Crippen molar-refractivity contribution in [2.24, 2.45) is 0 Å². The van der Waals surface area contributed by atoms with Crippen LogP contribution in [0.2, 0.25) is 0 Å². The SMILES string of the molecule is CC(NC(=O)COc1ccc(N2CCCC2=O)cc1)c1nnc2ccccn12. The lowest BCUT2D eigenvalue weighted by atomic mass is 10.3. The van der Waals surface area contributed by atoms with E-state index in [-0.39, 0.29) is 24.5 Å². The van der Waals surface area contributed by atoms with Crippen molar-refractivity contribution in [2.75, 3.05) is 18.1 Å². The highest BCUT2D eigenvalue weighted by Crippen LogP contribution is 2.23. The number of nitrogens with zero attached hydrogens (tertiary/aromatic N) is 4. The number of anilines is 1. The van der Waals surface area contributed by atoms with Crippen LogP contribution in [0, 0.1) is 0 Å². The molecule has 28 heavy (non-hydrogen) atoms. The minimum Gasteiger partial charge on any atom is -0.484 e. The van der Waals surface area contributed by atoms with E-state index in [2.05, 4.69) is 15.5 Å². The summed E-state index contributed by atoms with van der Waals surface area (Å²) in [7, 11) is 0. The summed E-state index contributed by atoms with van der Waals surface area (Å²) in [5.41, 5.74) is 1.58. The molecule has 1 aromatic carbocycles. The van der Waals surface area contributed by atoms with Crippen LogP contribution < -0.4 is 15.0 Å². The highest BCUT2D eigenvalue weighted by molar-refractivity contribution is 5.95. The highest BCUT2D eigenvalue weighted by Gasteiger charge is 2.21. The van der Waals surface area contributed by atoms with E-state index in [0.29, 0.717) is 18.0 Å². The maximum Gasteiger partial charge on any atom is 0.258 e. The zero-order valence-corrected chi connectivity index (χ0v) is 15.5. The molecule has 4 rings (SSSR count). The van der Waals surface area contributed by atoms with Crippen LogP contribution in [0.3, 0.4) is 0 Å². The third kappa shape index (κ3) is 3.66. The largest absolute Gasteiger partial charge is 0.484 e. The summed E-state index contributed by atoms with van der Waals surface area (Å²) in [6.45, 7) is 2.49. The van der Waals surface area contributed by atoms with Gasteiger partial charge in [-0.2, -0.15) is 0 Å². The number of rotatable bonds is 6. The third-order valence-electron chi connectivity index (χ3n) is 4.70. The lowest BCUT2D eigenvalue weighted by Gasteiger charge is -2.16. The molecule has 1 N–H and O–H groups in total. The van der Waals surface area contributed by atoms with E-state index in [1.54, 1.807) is 17.0 Å². The van der Waals surface area contributed by atoms with Gasteiger partial charge in [-0.15, -0.1) is 10.2 Å². The first-order valence-electron chi connectivity index (χ1n) is 9.24. The van der Waals surface area contributed by atoms with Gasteiger partial charge in [-0.05, 0) is 49.7 Å². The molecule has 3 aromatic rings. The summed E-state index contributed by atoms with van der Waals surface area (Å²) >= 11 is 0. The molecular formula is C20H21N5O3. The Bertz CT molecular complexity index is 999. The van der Waals surface area contributed by atoms with Crippen molar-refractivity contribution in [3.8, 4) is 5.75 Å². The Labute approximate surface area is 162 Å². The molecule has 1 atom stereocenters. The van der Waals surface area contributed by atoms with E-state index in [9.17, 15) is 9.59 Å². The molecule has 1 aliphatic rings. The predicted octanol–water partition coefficient (Wildman–Crippen LogP) is 2.11. The highest BCUT2D eigenvalue weighted by atomic mass is 16.5. The number of nitrogens with one attached hydrogen (secondary N) is 1. The maximum atomic E-state index is 12.2. The van der Waals surface area contributed by atoms with Crippen LogP contribution in [0.5, 0.6) is 5.75 Å². The van der Waals surface area contributed by atoms with E-state index >= 15 is 0 Å². The van der Waals surface area contributed by atoms with Crippen molar-refractivity contribution >= 4 is 23.1 Å². The Morgan fingerprint density at radius 3 is 2.79 bits per heavy atom.